The van der Waals surface area contributed by atoms with Crippen LogP contribution >= 0.6 is 11.6 Å². The summed E-state index contributed by atoms with van der Waals surface area (Å²) in [4.78, 5) is 0. The molecule has 1 heterocycles. The van der Waals surface area contributed by atoms with Gasteiger partial charge in [-0.1, -0.05) is 34.9 Å². The fourth-order valence-electron chi connectivity index (χ4n) is 2.12. The first-order chi connectivity index (χ1) is 10.1. The number of aryl methyl sites for hydroxylation is 2. The minimum absolute atomic E-state index is 0.315. The zero-order valence-electron chi connectivity index (χ0n) is 11.6. The van der Waals surface area contributed by atoms with E-state index in [0.29, 0.717) is 16.8 Å². The summed E-state index contributed by atoms with van der Waals surface area (Å²) in [6.07, 6.45) is 0. The molecule has 0 aliphatic carbocycles. The number of hydrogen-bond acceptors (Lipinski definition) is 4. The SMILES string of the molecule is Cc1cc(Cl)cc(C)c1Oc1nnnn1-c1ccccc1. The van der Waals surface area contributed by atoms with Crippen molar-refractivity contribution in [1.82, 2.24) is 20.2 Å². The number of aromatic nitrogens is 4. The topological polar surface area (TPSA) is 52.8 Å². The van der Waals surface area contributed by atoms with Crippen molar-refractivity contribution in [2.75, 3.05) is 0 Å². The molecular weight excluding hydrogens is 288 g/mol. The minimum atomic E-state index is 0.315. The third-order valence-corrected chi connectivity index (χ3v) is 3.28. The molecule has 21 heavy (non-hydrogen) atoms. The van der Waals surface area contributed by atoms with E-state index in [0.717, 1.165) is 16.8 Å². The molecule has 0 spiro atoms. The summed E-state index contributed by atoms with van der Waals surface area (Å²) in [6.45, 7) is 3.87. The molecule has 0 amide bonds. The normalized spacial score (nSPS) is 10.6. The highest BCUT2D eigenvalue weighted by Crippen LogP contribution is 2.30. The monoisotopic (exact) mass is 300 g/mol. The predicted octanol–water partition coefficient (Wildman–Crippen LogP) is 3.72. The van der Waals surface area contributed by atoms with E-state index in [1.807, 2.05) is 56.3 Å². The maximum absolute atomic E-state index is 6.03. The number of hydrogen-bond donors (Lipinski definition) is 0. The van der Waals surface area contributed by atoms with Gasteiger partial charge in [0.25, 0.3) is 0 Å². The molecule has 5 nitrogen and oxygen atoms in total. The van der Waals surface area contributed by atoms with Gasteiger partial charge in [-0.05, 0) is 59.7 Å². The standard InChI is InChI=1S/C15H13ClN4O/c1-10-8-12(16)9-11(2)14(10)21-15-17-18-19-20(15)13-6-4-3-5-7-13/h3-9H,1-2H3. The molecule has 0 saturated heterocycles. The maximum Gasteiger partial charge on any atom is 0.345 e. The molecule has 3 rings (SSSR count). The quantitative estimate of drug-likeness (QED) is 0.739. The number of tetrazole rings is 1. The smallest absolute Gasteiger partial charge is 0.345 e. The molecule has 0 atom stereocenters. The van der Waals surface area contributed by atoms with Gasteiger partial charge in [0, 0.05) is 5.02 Å². The molecule has 0 radical (unpaired) electrons. The largest absolute Gasteiger partial charge is 0.423 e. The Morgan fingerprint density at radius 1 is 1.05 bits per heavy atom. The van der Waals surface area contributed by atoms with Gasteiger partial charge in [-0.25, -0.2) is 0 Å². The van der Waals surface area contributed by atoms with Crippen molar-refractivity contribution in [3.63, 3.8) is 0 Å². The van der Waals surface area contributed by atoms with Crippen molar-refractivity contribution in [2.24, 2.45) is 0 Å². The molecule has 106 valence electrons. The summed E-state index contributed by atoms with van der Waals surface area (Å²) in [5, 5.41) is 12.3. The van der Waals surface area contributed by atoms with Crippen LogP contribution in [0.3, 0.4) is 0 Å². The second-order valence-electron chi connectivity index (χ2n) is 4.68. The Kier molecular flexibility index (Phi) is 3.58. The molecule has 0 aliphatic heterocycles. The van der Waals surface area contributed by atoms with Crippen LogP contribution < -0.4 is 4.74 Å². The van der Waals surface area contributed by atoms with E-state index in [2.05, 4.69) is 15.5 Å². The van der Waals surface area contributed by atoms with E-state index in [1.54, 1.807) is 4.68 Å². The third kappa shape index (κ3) is 2.73. The lowest BCUT2D eigenvalue weighted by Gasteiger charge is -2.11. The number of rotatable bonds is 3. The lowest BCUT2D eigenvalue weighted by Crippen LogP contribution is -2.01. The summed E-state index contributed by atoms with van der Waals surface area (Å²) < 4.78 is 7.44. The second kappa shape index (κ2) is 5.54. The van der Waals surface area contributed by atoms with Gasteiger partial charge in [-0.2, -0.15) is 4.68 Å². The second-order valence-corrected chi connectivity index (χ2v) is 5.12. The molecule has 2 aromatic carbocycles. The Morgan fingerprint density at radius 2 is 1.71 bits per heavy atom. The lowest BCUT2D eigenvalue weighted by atomic mass is 10.1. The maximum atomic E-state index is 6.03. The number of ether oxygens (including phenoxy) is 1. The number of nitrogens with zero attached hydrogens (tertiary/aromatic N) is 4. The van der Waals surface area contributed by atoms with Gasteiger partial charge in [0.05, 0.1) is 5.69 Å². The van der Waals surface area contributed by atoms with E-state index in [-0.39, 0.29) is 0 Å². The average Bonchev–Trinajstić information content (AvgIpc) is 2.92. The van der Waals surface area contributed by atoms with E-state index in [4.69, 9.17) is 16.3 Å². The van der Waals surface area contributed by atoms with Gasteiger partial charge >= 0.3 is 6.01 Å². The predicted molar refractivity (Wildman–Crippen MR) is 80.2 cm³/mol. The first-order valence-electron chi connectivity index (χ1n) is 6.43. The molecule has 0 fully saturated rings. The zero-order chi connectivity index (χ0) is 14.8. The van der Waals surface area contributed by atoms with Crippen LogP contribution in [0.5, 0.6) is 11.8 Å². The Bertz CT molecular complexity index is 747. The molecule has 0 unspecified atom stereocenters. The fraction of sp³-hybridized carbons (Fsp3) is 0.133. The molecule has 0 aliphatic rings. The van der Waals surface area contributed by atoms with Crippen LogP contribution in [0.15, 0.2) is 42.5 Å². The Hall–Kier alpha value is -2.40. The van der Waals surface area contributed by atoms with Gasteiger partial charge in [0.2, 0.25) is 0 Å². The number of halogens is 1. The summed E-state index contributed by atoms with van der Waals surface area (Å²) in [7, 11) is 0. The van der Waals surface area contributed by atoms with Crippen LogP contribution in [-0.2, 0) is 0 Å². The van der Waals surface area contributed by atoms with Crippen LogP contribution in [0.25, 0.3) is 5.69 Å². The van der Waals surface area contributed by atoms with E-state index >= 15 is 0 Å². The first-order valence-corrected chi connectivity index (χ1v) is 6.81. The highest BCUT2D eigenvalue weighted by molar-refractivity contribution is 6.30. The van der Waals surface area contributed by atoms with Crippen molar-refractivity contribution in [1.29, 1.82) is 0 Å². The average molecular weight is 301 g/mol. The molecule has 3 aromatic rings. The van der Waals surface area contributed by atoms with Crippen molar-refractivity contribution < 1.29 is 4.74 Å². The van der Waals surface area contributed by atoms with Crippen LogP contribution in [0.4, 0.5) is 0 Å². The van der Waals surface area contributed by atoms with E-state index in [1.165, 1.54) is 0 Å². The van der Waals surface area contributed by atoms with Gasteiger partial charge in [0.15, 0.2) is 0 Å². The van der Waals surface area contributed by atoms with Crippen LogP contribution in [0.1, 0.15) is 11.1 Å². The van der Waals surface area contributed by atoms with Gasteiger partial charge < -0.3 is 4.74 Å². The third-order valence-electron chi connectivity index (χ3n) is 3.06. The number of benzene rings is 2. The highest BCUT2D eigenvalue weighted by Gasteiger charge is 2.14. The molecule has 6 heteroatoms. The van der Waals surface area contributed by atoms with Crippen LogP contribution in [-0.4, -0.2) is 20.2 Å². The van der Waals surface area contributed by atoms with Crippen LogP contribution in [0, 0.1) is 13.8 Å². The van der Waals surface area contributed by atoms with Crippen molar-refractivity contribution in [3.8, 4) is 17.4 Å². The summed E-state index contributed by atoms with van der Waals surface area (Å²) in [5.74, 6) is 0.714. The van der Waals surface area contributed by atoms with Crippen LogP contribution in [0.2, 0.25) is 5.02 Å². The fourth-order valence-corrected chi connectivity index (χ4v) is 2.45. The zero-order valence-corrected chi connectivity index (χ0v) is 12.4. The first kappa shape index (κ1) is 13.6. The Labute approximate surface area is 127 Å². The van der Waals surface area contributed by atoms with E-state index < -0.39 is 0 Å². The minimum Gasteiger partial charge on any atom is -0.423 e. The molecule has 0 N–H and O–H groups in total. The molecular formula is C15H13ClN4O. The molecule has 0 bridgehead atoms. The van der Waals surface area contributed by atoms with Gasteiger partial charge in [-0.3, -0.25) is 0 Å². The van der Waals surface area contributed by atoms with Gasteiger partial charge in [0.1, 0.15) is 5.75 Å². The van der Waals surface area contributed by atoms with E-state index in [9.17, 15) is 0 Å². The highest BCUT2D eigenvalue weighted by atomic mass is 35.5. The number of para-hydroxylation sites is 1. The molecule has 0 saturated carbocycles. The van der Waals surface area contributed by atoms with Crippen molar-refractivity contribution >= 4 is 11.6 Å². The summed E-state index contributed by atoms with van der Waals surface area (Å²) in [6, 6.07) is 13.6. The molecule has 1 aromatic heterocycles. The van der Waals surface area contributed by atoms with Gasteiger partial charge in [-0.15, -0.1) is 0 Å². The lowest BCUT2D eigenvalue weighted by molar-refractivity contribution is 0.421. The van der Waals surface area contributed by atoms with Crippen molar-refractivity contribution in [2.45, 2.75) is 13.8 Å². The Morgan fingerprint density at radius 3 is 2.38 bits per heavy atom. The summed E-state index contributed by atoms with van der Waals surface area (Å²) in [5.41, 5.74) is 2.70. The Balaban J connectivity index is 1.99. The van der Waals surface area contributed by atoms with Crippen molar-refractivity contribution in [3.05, 3.63) is 58.6 Å². The summed E-state index contributed by atoms with van der Waals surface area (Å²) >= 11 is 6.03.